The van der Waals surface area contributed by atoms with Gasteiger partial charge in [0.05, 0.1) is 0 Å². The zero-order chi connectivity index (χ0) is 12.7. The summed E-state index contributed by atoms with van der Waals surface area (Å²) in [6, 6.07) is 9.21. The maximum absolute atomic E-state index is 3.79. The molecule has 1 N–H and O–H groups in total. The van der Waals surface area contributed by atoms with Crippen molar-refractivity contribution in [2.75, 3.05) is 24.5 Å². The van der Waals surface area contributed by atoms with Crippen molar-refractivity contribution in [3.05, 3.63) is 42.5 Å². The molecule has 1 aromatic carbocycles. The van der Waals surface area contributed by atoms with Crippen molar-refractivity contribution < 1.29 is 0 Å². The minimum absolute atomic E-state index is 0.420. The fraction of sp³-hybridized carbons (Fsp3) is 0.467. The van der Waals surface area contributed by atoms with Crippen LogP contribution >= 0.6 is 0 Å². The molecule has 0 aliphatic heterocycles. The third kappa shape index (κ3) is 3.90. The first-order chi connectivity index (χ1) is 8.22. The van der Waals surface area contributed by atoms with E-state index in [-0.39, 0.29) is 0 Å². The van der Waals surface area contributed by atoms with Crippen LogP contribution in [0.1, 0.15) is 32.4 Å². The summed E-state index contributed by atoms with van der Waals surface area (Å²) in [5.74, 6) is 0. The number of nitrogens with one attached hydrogen (secondary N) is 1. The van der Waals surface area contributed by atoms with E-state index < -0.39 is 0 Å². The Balaban J connectivity index is 2.75. The average Bonchev–Trinajstić information content (AvgIpc) is 2.36. The van der Waals surface area contributed by atoms with E-state index in [1.165, 1.54) is 11.3 Å². The first-order valence-corrected chi connectivity index (χ1v) is 6.42. The van der Waals surface area contributed by atoms with Crippen LogP contribution in [-0.2, 0) is 0 Å². The highest BCUT2D eigenvalue weighted by atomic mass is 15.1. The first kappa shape index (κ1) is 13.8. The molecule has 0 spiro atoms. The SMILES string of the molecule is C=CCN(CC)c1ccc(C(C)NCC)cc1. The van der Waals surface area contributed by atoms with Gasteiger partial charge in [0.1, 0.15) is 0 Å². The molecule has 1 aromatic rings. The average molecular weight is 232 g/mol. The maximum Gasteiger partial charge on any atom is 0.0369 e. The quantitative estimate of drug-likeness (QED) is 0.725. The van der Waals surface area contributed by atoms with Crippen LogP contribution in [0.2, 0.25) is 0 Å². The Morgan fingerprint density at radius 1 is 1.29 bits per heavy atom. The minimum atomic E-state index is 0.420. The van der Waals surface area contributed by atoms with Crippen molar-refractivity contribution in [2.45, 2.75) is 26.8 Å². The molecule has 0 amide bonds. The molecule has 17 heavy (non-hydrogen) atoms. The van der Waals surface area contributed by atoms with Gasteiger partial charge in [-0.2, -0.15) is 0 Å². The Bertz CT molecular complexity index is 329. The van der Waals surface area contributed by atoms with E-state index >= 15 is 0 Å². The summed E-state index contributed by atoms with van der Waals surface area (Å²) in [4.78, 5) is 2.30. The molecule has 94 valence electrons. The molecular formula is C15H24N2. The van der Waals surface area contributed by atoms with Gasteiger partial charge >= 0.3 is 0 Å². The van der Waals surface area contributed by atoms with Crippen molar-refractivity contribution in [3.63, 3.8) is 0 Å². The van der Waals surface area contributed by atoms with E-state index in [1.54, 1.807) is 0 Å². The van der Waals surface area contributed by atoms with Gasteiger partial charge in [0.15, 0.2) is 0 Å². The van der Waals surface area contributed by atoms with E-state index in [9.17, 15) is 0 Å². The van der Waals surface area contributed by atoms with Crippen molar-refractivity contribution >= 4 is 5.69 Å². The highest BCUT2D eigenvalue weighted by molar-refractivity contribution is 5.48. The molecule has 0 radical (unpaired) electrons. The van der Waals surface area contributed by atoms with Crippen molar-refractivity contribution in [1.29, 1.82) is 0 Å². The van der Waals surface area contributed by atoms with Crippen molar-refractivity contribution in [2.24, 2.45) is 0 Å². The topological polar surface area (TPSA) is 15.3 Å². The van der Waals surface area contributed by atoms with Crippen LogP contribution < -0.4 is 10.2 Å². The summed E-state index contributed by atoms with van der Waals surface area (Å²) in [5.41, 5.74) is 2.60. The standard InChI is InChI=1S/C15H24N2/c1-5-12-17(7-3)15-10-8-14(9-11-15)13(4)16-6-2/h5,8-11,13,16H,1,6-7,12H2,2-4H3. The van der Waals surface area contributed by atoms with E-state index in [1.807, 2.05) is 6.08 Å². The van der Waals surface area contributed by atoms with Gasteiger partial charge in [-0.1, -0.05) is 25.1 Å². The van der Waals surface area contributed by atoms with E-state index in [0.717, 1.165) is 19.6 Å². The summed E-state index contributed by atoms with van der Waals surface area (Å²) in [6.07, 6.45) is 1.94. The number of anilines is 1. The van der Waals surface area contributed by atoms with Gasteiger partial charge in [0.25, 0.3) is 0 Å². The normalized spacial score (nSPS) is 12.2. The lowest BCUT2D eigenvalue weighted by atomic mass is 10.1. The Hall–Kier alpha value is -1.28. The molecule has 0 saturated heterocycles. The molecule has 2 nitrogen and oxygen atoms in total. The highest BCUT2D eigenvalue weighted by Gasteiger charge is 2.05. The van der Waals surface area contributed by atoms with Crippen LogP contribution in [0.5, 0.6) is 0 Å². The van der Waals surface area contributed by atoms with E-state index in [4.69, 9.17) is 0 Å². The summed E-state index contributed by atoms with van der Waals surface area (Å²) >= 11 is 0. The van der Waals surface area contributed by atoms with Gasteiger partial charge in [-0.25, -0.2) is 0 Å². The zero-order valence-corrected chi connectivity index (χ0v) is 11.2. The smallest absolute Gasteiger partial charge is 0.0369 e. The molecule has 0 saturated carbocycles. The molecule has 2 heteroatoms. The lowest BCUT2D eigenvalue weighted by Crippen LogP contribution is -2.22. The Labute approximate surface area is 105 Å². The number of hydrogen-bond acceptors (Lipinski definition) is 2. The molecule has 1 rings (SSSR count). The predicted molar refractivity (Wildman–Crippen MR) is 76.6 cm³/mol. The Kier molecular flexibility index (Phi) is 5.78. The number of rotatable bonds is 7. The van der Waals surface area contributed by atoms with Crippen molar-refractivity contribution in [1.82, 2.24) is 5.32 Å². The van der Waals surface area contributed by atoms with Gasteiger partial charge in [0, 0.05) is 24.8 Å². The first-order valence-electron chi connectivity index (χ1n) is 6.42. The summed E-state index contributed by atoms with van der Waals surface area (Å²) in [6.45, 7) is 13.2. The molecule has 0 heterocycles. The van der Waals surface area contributed by atoms with Gasteiger partial charge in [-0.15, -0.1) is 6.58 Å². The lowest BCUT2D eigenvalue weighted by molar-refractivity contribution is 0.598. The van der Waals surface area contributed by atoms with Gasteiger partial charge in [-0.05, 0) is 38.1 Å². The fourth-order valence-electron chi connectivity index (χ4n) is 1.97. The molecule has 1 unspecified atom stereocenters. The highest BCUT2D eigenvalue weighted by Crippen LogP contribution is 2.19. The number of likely N-dealkylation sites (N-methyl/N-ethyl adjacent to an activating group) is 1. The minimum Gasteiger partial charge on any atom is -0.368 e. The number of hydrogen-bond donors (Lipinski definition) is 1. The zero-order valence-electron chi connectivity index (χ0n) is 11.2. The monoisotopic (exact) mass is 232 g/mol. The number of benzene rings is 1. The molecule has 0 aromatic heterocycles. The summed E-state index contributed by atoms with van der Waals surface area (Å²) < 4.78 is 0. The largest absolute Gasteiger partial charge is 0.368 e. The number of nitrogens with zero attached hydrogens (tertiary/aromatic N) is 1. The second-order valence-electron chi connectivity index (χ2n) is 4.20. The Morgan fingerprint density at radius 2 is 1.94 bits per heavy atom. The van der Waals surface area contributed by atoms with Crippen LogP contribution in [-0.4, -0.2) is 19.6 Å². The van der Waals surface area contributed by atoms with Crippen molar-refractivity contribution in [3.8, 4) is 0 Å². The lowest BCUT2D eigenvalue weighted by Gasteiger charge is -2.22. The maximum atomic E-state index is 3.79. The third-order valence-electron chi connectivity index (χ3n) is 3.00. The van der Waals surface area contributed by atoms with Crippen LogP contribution in [0.15, 0.2) is 36.9 Å². The van der Waals surface area contributed by atoms with Crippen LogP contribution in [0.3, 0.4) is 0 Å². The van der Waals surface area contributed by atoms with Gasteiger partial charge in [-0.3, -0.25) is 0 Å². The van der Waals surface area contributed by atoms with Gasteiger partial charge < -0.3 is 10.2 Å². The summed E-state index contributed by atoms with van der Waals surface area (Å²) in [5, 5.41) is 3.42. The van der Waals surface area contributed by atoms with Crippen LogP contribution in [0.4, 0.5) is 5.69 Å². The molecule has 0 aliphatic carbocycles. The molecule has 0 bridgehead atoms. The third-order valence-corrected chi connectivity index (χ3v) is 3.00. The second-order valence-corrected chi connectivity index (χ2v) is 4.20. The molecular weight excluding hydrogens is 208 g/mol. The van der Waals surface area contributed by atoms with E-state index in [0.29, 0.717) is 6.04 Å². The fourth-order valence-corrected chi connectivity index (χ4v) is 1.97. The molecule has 1 atom stereocenters. The molecule has 0 aliphatic rings. The molecule has 0 fully saturated rings. The van der Waals surface area contributed by atoms with Crippen LogP contribution in [0.25, 0.3) is 0 Å². The van der Waals surface area contributed by atoms with E-state index in [2.05, 4.69) is 61.8 Å². The predicted octanol–water partition coefficient (Wildman–Crippen LogP) is 3.37. The van der Waals surface area contributed by atoms with Gasteiger partial charge in [0.2, 0.25) is 0 Å². The summed E-state index contributed by atoms with van der Waals surface area (Å²) in [7, 11) is 0. The Morgan fingerprint density at radius 3 is 2.41 bits per heavy atom. The second kappa shape index (κ2) is 7.13. The van der Waals surface area contributed by atoms with Crippen LogP contribution in [0, 0.1) is 0 Å².